The predicted molar refractivity (Wildman–Crippen MR) is 87.0 cm³/mol. The van der Waals surface area contributed by atoms with Gasteiger partial charge >= 0.3 is 0 Å². The highest BCUT2D eigenvalue weighted by atomic mass is 35.5. The van der Waals surface area contributed by atoms with E-state index in [4.69, 9.17) is 11.6 Å². The van der Waals surface area contributed by atoms with Crippen LogP contribution in [0, 0.1) is 0 Å². The number of para-hydroxylation sites is 1. The average molecular weight is 320 g/mol. The summed E-state index contributed by atoms with van der Waals surface area (Å²) < 4.78 is 2.66. The van der Waals surface area contributed by atoms with Gasteiger partial charge in [0, 0.05) is 23.4 Å². The number of nitrogens with one attached hydrogen (secondary N) is 1. The van der Waals surface area contributed by atoms with Crippen LogP contribution < -0.4 is 10.7 Å². The van der Waals surface area contributed by atoms with E-state index in [-0.39, 0.29) is 5.43 Å². The molecule has 0 aliphatic rings. The molecule has 0 bridgehead atoms. The summed E-state index contributed by atoms with van der Waals surface area (Å²) in [5.41, 5.74) is 0.828. The van der Waals surface area contributed by atoms with Gasteiger partial charge in [0.2, 0.25) is 5.43 Å². The van der Waals surface area contributed by atoms with Crippen molar-refractivity contribution in [2.45, 2.75) is 13.1 Å². The van der Waals surface area contributed by atoms with Crippen LogP contribution in [0.1, 0.15) is 4.88 Å². The molecular formula is C15H14ClN3OS. The van der Waals surface area contributed by atoms with Crippen LogP contribution >= 0.6 is 22.9 Å². The van der Waals surface area contributed by atoms with Crippen LogP contribution in [0.15, 0.2) is 47.4 Å². The molecule has 1 aromatic carbocycles. The minimum Gasteiger partial charge on any atom is -0.310 e. The van der Waals surface area contributed by atoms with Crippen molar-refractivity contribution in [3.05, 3.63) is 62.0 Å². The van der Waals surface area contributed by atoms with Crippen molar-refractivity contribution in [1.29, 1.82) is 0 Å². The molecule has 108 valence electrons. The lowest BCUT2D eigenvalue weighted by atomic mass is 10.2. The average Bonchev–Trinajstić information content (AvgIpc) is 2.91. The highest BCUT2D eigenvalue weighted by molar-refractivity contribution is 7.16. The topological polar surface area (TPSA) is 46.9 Å². The summed E-state index contributed by atoms with van der Waals surface area (Å²) in [5.74, 6) is 0. The van der Waals surface area contributed by atoms with E-state index < -0.39 is 0 Å². The Morgan fingerprint density at radius 1 is 1.24 bits per heavy atom. The molecule has 3 rings (SSSR count). The zero-order valence-corrected chi connectivity index (χ0v) is 12.8. The highest BCUT2D eigenvalue weighted by Gasteiger charge is 2.03. The largest absolute Gasteiger partial charge is 0.310 e. The van der Waals surface area contributed by atoms with E-state index in [0.717, 1.165) is 22.9 Å². The molecule has 1 N–H and O–H groups in total. The van der Waals surface area contributed by atoms with Crippen LogP contribution in [-0.2, 0) is 13.1 Å². The molecule has 0 radical (unpaired) electrons. The maximum Gasteiger partial charge on any atom is 0.207 e. The van der Waals surface area contributed by atoms with E-state index in [0.29, 0.717) is 11.9 Å². The number of benzene rings is 1. The van der Waals surface area contributed by atoms with Gasteiger partial charge in [-0.1, -0.05) is 23.7 Å². The third-order valence-electron chi connectivity index (χ3n) is 3.19. The number of rotatable bonds is 5. The first-order valence-corrected chi connectivity index (χ1v) is 7.83. The smallest absolute Gasteiger partial charge is 0.207 e. The highest BCUT2D eigenvalue weighted by Crippen LogP contribution is 2.20. The molecule has 0 saturated carbocycles. The number of hydrogen-bond acceptors (Lipinski definition) is 4. The molecule has 3 aromatic rings. The maximum absolute atomic E-state index is 11.7. The second-order valence-electron chi connectivity index (χ2n) is 4.63. The first-order chi connectivity index (χ1) is 10.2. The molecule has 0 amide bonds. The van der Waals surface area contributed by atoms with Gasteiger partial charge in [0.1, 0.15) is 0 Å². The zero-order chi connectivity index (χ0) is 14.7. The number of fused-ring (bicyclic) bond motifs is 1. The van der Waals surface area contributed by atoms with Crippen LogP contribution in [0.2, 0.25) is 4.34 Å². The number of hydrogen-bond donors (Lipinski definition) is 1. The molecular weight excluding hydrogens is 306 g/mol. The molecule has 0 aliphatic heterocycles. The molecule has 4 nitrogen and oxygen atoms in total. The van der Waals surface area contributed by atoms with Gasteiger partial charge in [-0.2, -0.15) is 5.10 Å². The van der Waals surface area contributed by atoms with Crippen molar-refractivity contribution in [2.24, 2.45) is 0 Å². The number of halogens is 1. The number of thiophene rings is 1. The molecule has 0 spiro atoms. The van der Waals surface area contributed by atoms with Crippen molar-refractivity contribution >= 4 is 33.8 Å². The fraction of sp³-hybridized carbons (Fsp3) is 0.200. The molecule has 0 saturated heterocycles. The normalized spacial score (nSPS) is 11.1. The van der Waals surface area contributed by atoms with Crippen LogP contribution in [-0.4, -0.2) is 16.3 Å². The maximum atomic E-state index is 11.7. The molecule has 2 heterocycles. The minimum absolute atomic E-state index is 0.0389. The van der Waals surface area contributed by atoms with E-state index >= 15 is 0 Å². The predicted octanol–water partition coefficient (Wildman–Crippen LogP) is 2.90. The molecule has 2 aromatic heterocycles. The van der Waals surface area contributed by atoms with E-state index in [1.165, 1.54) is 11.1 Å². The minimum atomic E-state index is -0.0389. The van der Waals surface area contributed by atoms with Crippen molar-refractivity contribution < 1.29 is 0 Å². The van der Waals surface area contributed by atoms with E-state index in [1.54, 1.807) is 11.3 Å². The lowest BCUT2D eigenvalue weighted by Gasteiger charge is -2.09. The van der Waals surface area contributed by atoms with Gasteiger partial charge in [0.05, 0.1) is 22.6 Å². The quantitative estimate of drug-likeness (QED) is 0.736. The Morgan fingerprint density at radius 2 is 2.10 bits per heavy atom. The van der Waals surface area contributed by atoms with Gasteiger partial charge in [-0.15, -0.1) is 11.3 Å². The molecule has 0 fully saturated rings. The fourth-order valence-corrected chi connectivity index (χ4v) is 3.24. The van der Waals surface area contributed by atoms with Crippen molar-refractivity contribution in [1.82, 2.24) is 15.1 Å². The lowest BCUT2D eigenvalue weighted by Crippen LogP contribution is -2.22. The summed E-state index contributed by atoms with van der Waals surface area (Å²) in [6.07, 6.45) is 1.38. The molecule has 6 heteroatoms. The van der Waals surface area contributed by atoms with E-state index in [2.05, 4.69) is 10.4 Å². The Labute approximate surface area is 131 Å². The van der Waals surface area contributed by atoms with Gasteiger partial charge in [-0.05, 0) is 24.3 Å². The summed E-state index contributed by atoms with van der Waals surface area (Å²) in [6, 6.07) is 11.5. The molecule has 21 heavy (non-hydrogen) atoms. The molecule has 0 atom stereocenters. The van der Waals surface area contributed by atoms with Crippen molar-refractivity contribution in [3.8, 4) is 0 Å². The SMILES string of the molecule is O=c1cnn(CCNCc2ccc(Cl)s2)c2ccccc12. The van der Waals surface area contributed by atoms with Gasteiger partial charge < -0.3 is 5.32 Å². The Bertz CT molecular complexity index is 812. The summed E-state index contributed by atoms with van der Waals surface area (Å²) in [4.78, 5) is 13.0. The first-order valence-electron chi connectivity index (χ1n) is 6.64. The van der Waals surface area contributed by atoms with Crippen LogP contribution in [0.4, 0.5) is 0 Å². The third kappa shape index (κ3) is 3.32. The summed E-state index contributed by atoms with van der Waals surface area (Å²) in [6.45, 7) is 2.27. The summed E-state index contributed by atoms with van der Waals surface area (Å²) in [5, 5.41) is 8.26. The summed E-state index contributed by atoms with van der Waals surface area (Å²) in [7, 11) is 0. The van der Waals surface area contributed by atoms with Gasteiger partial charge in [-0.25, -0.2) is 0 Å². The molecule has 0 aliphatic carbocycles. The summed E-state index contributed by atoms with van der Waals surface area (Å²) >= 11 is 7.47. The Hall–Kier alpha value is -1.69. The van der Waals surface area contributed by atoms with Gasteiger partial charge in [0.25, 0.3) is 0 Å². The van der Waals surface area contributed by atoms with Crippen LogP contribution in [0.5, 0.6) is 0 Å². The first kappa shape index (κ1) is 14.3. The van der Waals surface area contributed by atoms with Gasteiger partial charge in [-0.3, -0.25) is 9.48 Å². The van der Waals surface area contributed by atoms with E-state index in [9.17, 15) is 4.79 Å². The monoisotopic (exact) mass is 319 g/mol. The fourth-order valence-electron chi connectivity index (χ4n) is 2.18. The lowest BCUT2D eigenvalue weighted by molar-refractivity contribution is 0.563. The standard InChI is InChI=1S/C15H14ClN3OS/c16-15-6-5-11(21-15)9-17-7-8-19-13-4-2-1-3-12(13)14(20)10-18-19/h1-6,10,17H,7-9H2. The Kier molecular flexibility index (Phi) is 4.34. The van der Waals surface area contributed by atoms with Crippen molar-refractivity contribution in [3.63, 3.8) is 0 Å². The van der Waals surface area contributed by atoms with Crippen LogP contribution in [0.3, 0.4) is 0 Å². The third-order valence-corrected chi connectivity index (χ3v) is 4.42. The Balaban J connectivity index is 1.66. The van der Waals surface area contributed by atoms with E-state index in [1.807, 2.05) is 41.1 Å². The van der Waals surface area contributed by atoms with Crippen molar-refractivity contribution in [2.75, 3.05) is 6.54 Å². The number of nitrogens with zero attached hydrogens (tertiary/aromatic N) is 2. The van der Waals surface area contributed by atoms with Crippen LogP contribution in [0.25, 0.3) is 10.9 Å². The Morgan fingerprint density at radius 3 is 2.90 bits per heavy atom. The number of aromatic nitrogens is 2. The molecule has 0 unspecified atom stereocenters. The second-order valence-corrected chi connectivity index (χ2v) is 6.43. The van der Waals surface area contributed by atoms with Gasteiger partial charge in [0.15, 0.2) is 0 Å². The zero-order valence-electron chi connectivity index (χ0n) is 11.3. The second kappa shape index (κ2) is 6.39.